The van der Waals surface area contributed by atoms with E-state index in [1.807, 2.05) is 36.5 Å². The fraction of sp³-hybridized carbons (Fsp3) is 0.476. The second-order valence-electron chi connectivity index (χ2n) is 7.70. The molecule has 2 fully saturated rings. The highest BCUT2D eigenvalue weighted by Gasteiger charge is 2.46. The first-order valence-electron chi connectivity index (χ1n) is 9.79. The van der Waals surface area contributed by atoms with E-state index in [1.54, 1.807) is 17.6 Å². The molecule has 6 nitrogen and oxygen atoms in total. The Bertz CT molecular complexity index is 904. The van der Waals surface area contributed by atoms with Gasteiger partial charge in [0.15, 0.2) is 0 Å². The Morgan fingerprint density at radius 3 is 2.71 bits per heavy atom. The summed E-state index contributed by atoms with van der Waals surface area (Å²) in [6.07, 6.45) is 5.28. The SMILES string of the molecule is COc1cccc(CN2C[C@H]3CCN(Cc4cccnc4)CC[C@H]3S2(=O)=O)c1. The van der Waals surface area contributed by atoms with Gasteiger partial charge < -0.3 is 4.74 Å². The molecule has 1 aromatic carbocycles. The zero-order valence-corrected chi connectivity index (χ0v) is 17.0. The maximum atomic E-state index is 13.2. The summed E-state index contributed by atoms with van der Waals surface area (Å²) in [5, 5.41) is -0.267. The van der Waals surface area contributed by atoms with Crippen molar-refractivity contribution in [2.75, 3.05) is 26.7 Å². The standard InChI is InChI=1S/C21H27N3O3S/c1-27-20-6-2-4-17(12-20)15-24-16-19-7-10-23(11-8-21(19)28(24,25)26)14-18-5-3-9-22-13-18/h2-6,9,12-13,19,21H,7-8,10-11,14-16H2,1H3/t19-,21-/m1/s1. The Morgan fingerprint density at radius 2 is 1.93 bits per heavy atom. The van der Waals surface area contributed by atoms with Crippen molar-refractivity contribution in [3.8, 4) is 5.75 Å². The Hall–Kier alpha value is -1.96. The van der Waals surface area contributed by atoms with Gasteiger partial charge in [-0.15, -0.1) is 0 Å². The summed E-state index contributed by atoms with van der Waals surface area (Å²) in [4.78, 5) is 6.54. The number of methoxy groups -OCH3 is 1. The molecule has 2 aliphatic heterocycles. The number of hydrogen-bond acceptors (Lipinski definition) is 5. The highest BCUT2D eigenvalue weighted by atomic mass is 32.2. The summed E-state index contributed by atoms with van der Waals surface area (Å²) in [6, 6.07) is 11.7. The topological polar surface area (TPSA) is 62.7 Å². The predicted molar refractivity (Wildman–Crippen MR) is 108 cm³/mol. The maximum Gasteiger partial charge on any atom is 0.217 e. The molecule has 0 N–H and O–H groups in total. The number of sulfonamides is 1. The van der Waals surface area contributed by atoms with Crippen molar-refractivity contribution < 1.29 is 13.2 Å². The van der Waals surface area contributed by atoms with Crippen LogP contribution in [0.1, 0.15) is 24.0 Å². The average molecular weight is 402 g/mol. The highest BCUT2D eigenvalue weighted by molar-refractivity contribution is 7.90. The van der Waals surface area contributed by atoms with Gasteiger partial charge in [-0.2, -0.15) is 4.31 Å². The lowest BCUT2D eigenvalue weighted by atomic mass is 10.0. The summed E-state index contributed by atoms with van der Waals surface area (Å²) in [7, 11) is -1.65. The molecule has 2 aliphatic rings. The molecule has 0 radical (unpaired) electrons. The van der Waals surface area contributed by atoms with E-state index in [-0.39, 0.29) is 11.2 Å². The van der Waals surface area contributed by atoms with Crippen LogP contribution in [0.2, 0.25) is 0 Å². The van der Waals surface area contributed by atoms with E-state index in [0.717, 1.165) is 37.4 Å². The van der Waals surface area contributed by atoms with Crippen molar-refractivity contribution in [3.05, 3.63) is 59.9 Å². The van der Waals surface area contributed by atoms with Crippen LogP contribution in [-0.2, 0) is 23.1 Å². The fourth-order valence-corrected chi connectivity index (χ4v) is 6.61. The Labute approximate surface area is 167 Å². The quantitative estimate of drug-likeness (QED) is 0.770. The van der Waals surface area contributed by atoms with Gasteiger partial charge in [0.1, 0.15) is 5.75 Å². The Morgan fingerprint density at radius 1 is 1.11 bits per heavy atom. The number of ether oxygens (including phenoxy) is 1. The second kappa shape index (κ2) is 8.19. The molecule has 1 aromatic heterocycles. The van der Waals surface area contributed by atoms with E-state index in [9.17, 15) is 8.42 Å². The highest BCUT2D eigenvalue weighted by Crippen LogP contribution is 2.35. The second-order valence-corrected chi connectivity index (χ2v) is 9.85. The van der Waals surface area contributed by atoms with Gasteiger partial charge in [0.25, 0.3) is 0 Å². The third-order valence-electron chi connectivity index (χ3n) is 5.87. The van der Waals surface area contributed by atoms with Crippen molar-refractivity contribution in [2.24, 2.45) is 5.92 Å². The van der Waals surface area contributed by atoms with E-state index in [0.29, 0.717) is 19.5 Å². The zero-order valence-electron chi connectivity index (χ0n) is 16.2. The smallest absolute Gasteiger partial charge is 0.217 e. The molecule has 0 saturated carbocycles. The lowest BCUT2D eigenvalue weighted by molar-refractivity contribution is 0.266. The first-order valence-corrected chi connectivity index (χ1v) is 11.3. The van der Waals surface area contributed by atoms with Crippen LogP contribution in [0, 0.1) is 5.92 Å². The van der Waals surface area contributed by atoms with Crippen molar-refractivity contribution in [2.45, 2.75) is 31.2 Å². The van der Waals surface area contributed by atoms with Crippen LogP contribution in [0.5, 0.6) is 5.75 Å². The number of fused-ring (bicyclic) bond motifs is 1. The van der Waals surface area contributed by atoms with Crippen molar-refractivity contribution >= 4 is 10.0 Å². The lowest BCUT2D eigenvalue weighted by Gasteiger charge is -2.22. The number of pyridine rings is 1. The zero-order chi connectivity index (χ0) is 19.6. The van der Waals surface area contributed by atoms with Crippen LogP contribution >= 0.6 is 0 Å². The van der Waals surface area contributed by atoms with Gasteiger partial charge in [-0.1, -0.05) is 18.2 Å². The van der Waals surface area contributed by atoms with E-state index in [4.69, 9.17) is 4.74 Å². The van der Waals surface area contributed by atoms with Crippen molar-refractivity contribution in [1.82, 2.24) is 14.2 Å². The number of nitrogens with zero attached hydrogens (tertiary/aromatic N) is 3. The van der Waals surface area contributed by atoms with Gasteiger partial charge >= 0.3 is 0 Å². The molecule has 0 spiro atoms. The molecule has 0 amide bonds. The minimum atomic E-state index is -3.27. The first kappa shape index (κ1) is 19.4. The Balaban J connectivity index is 1.42. The van der Waals surface area contributed by atoms with Gasteiger partial charge in [-0.3, -0.25) is 9.88 Å². The van der Waals surface area contributed by atoms with Gasteiger partial charge in [0.05, 0.1) is 12.4 Å². The Kier molecular flexibility index (Phi) is 5.66. The molecule has 7 heteroatoms. The third-order valence-corrected chi connectivity index (χ3v) is 8.26. The molecule has 2 saturated heterocycles. The molecular weight excluding hydrogens is 374 g/mol. The van der Waals surface area contributed by atoms with Gasteiger partial charge in [0, 0.05) is 32.0 Å². The van der Waals surface area contributed by atoms with E-state index in [1.165, 1.54) is 5.56 Å². The van der Waals surface area contributed by atoms with Crippen molar-refractivity contribution in [3.63, 3.8) is 0 Å². The molecule has 150 valence electrons. The van der Waals surface area contributed by atoms with Crippen LogP contribution in [-0.4, -0.2) is 54.6 Å². The first-order chi connectivity index (χ1) is 13.6. The molecule has 28 heavy (non-hydrogen) atoms. The molecule has 0 aliphatic carbocycles. The average Bonchev–Trinajstić information content (AvgIpc) is 2.83. The van der Waals surface area contributed by atoms with E-state index < -0.39 is 10.0 Å². The van der Waals surface area contributed by atoms with Crippen LogP contribution in [0.3, 0.4) is 0 Å². The summed E-state index contributed by atoms with van der Waals surface area (Å²) in [5.74, 6) is 0.962. The molecule has 2 aromatic rings. The molecule has 4 rings (SSSR count). The molecule has 0 bridgehead atoms. The number of aromatic nitrogens is 1. The maximum absolute atomic E-state index is 13.2. The van der Waals surface area contributed by atoms with Gasteiger partial charge in [0.2, 0.25) is 10.0 Å². The third kappa shape index (κ3) is 4.06. The molecule has 2 atom stereocenters. The lowest BCUT2D eigenvalue weighted by Crippen LogP contribution is -2.31. The summed E-state index contributed by atoms with van der Waals surface area (Å²) in [5.41, 5.74) is 2.15. The molecule has 3 heterocycles. The molecular formula is C21H27N3O3S. The summed E-state index contributed by atoms with van der Waals surface area (Å²) >= 11 is 0. The summed E-state index contributed by atoms with van der Waals surface area (Å²) in [6.45, 7) is 3.61. The van der Waals surface area contributed by atoms with Crippen LogP contribution in [0.15, 0.2) is 48.8 Å². The van der Waals surface area contributed by atoms with Gasteiger partial charge in [-0.05, 0) is 61.2 Å². The minimum absolute atomic E-state index is 0.203. The van der Waals surface area contributed by atoms with Crippen molar-refractivity contribution in [1.29, 1.82) is 0 Å². The number of hydrogen-bond donors (Lipinski definition) is 0. The van der Waals surface area contributed by atoms with Crippen LogP contribution in [0.4, 0.5) is 0 Å². The normalized spacial score (nSPS) is 25.2. The number of benzene rings is 1. The monoisotopic (exact) mass is 401 g/mol. The number of likely N-dealkylation sites (tertiary alicyclic amines) is 1. The van der Waals surface area contributed by atoms with E-state index in [2.05, 4.69) is 16.0 Å². The minimum Gasteiger partial charge on any atom is -0.497 e. The summed E-state index contributed by atoms with van der Waals surface area (Å²) < 4.78 is 33.3. The largest absolute Gasteiger partial charge is 0.497 e. The van der Waals surface area contributed by atoms with E-state index >= 15 is 0 Å². The number of rotatable bonds is 5. The van der Waals surface area contributed by atoms with Crippen LogP contribution in [0.25, 0.3) is 0 Å². The predicted octanol–water partition coefficient (Wildman–Crippen LogP) is 2.52. The fourth-order valence-electron chi connectivity index (χ4n) is 4.39. The molecule has 0 unspecified atom stereocenters. The van der Waals surface area contributed by atoms with Gasteiger partial charge in [-0.25, -0.2) is 8.42 Å². The van der Waals surface area contributed by atoms with Crippen LogP contribution < -0.4 is 4.74 Å².